The Morgan fingerprint density at radius 1 is 0.833 bits per heavy atom. The molecule has 12 heteroatoms. The van der Waals surface area contributed by atoms with E-state index in [1.54, 1.807) is 0 Å². The van der Waals surface area contributed by atoms with Gasteiger partial charge in [-0.1, -0.05) is 7.77 Å². The van der Waals surface area contributed by atoms with Gasteiger partial charge >= 0.3 is 26.3 Å². The first-order valence-electron chi connectivity index (χ1n) is 1.68. The molecule has 0 atom stereocenters. The van der Waals surface area contributed by atoms with Crippen LogP contribution in [-0.2, 0) is 26.3 Å². The molecule has 0 aromatic heterocycles. The molecule has 0 amide bonds. The minimum absolute atomic E-state index is 0. The maximum atomic E-state index is 11.6. The third kappa shape index (κ3) is 2.88. The first-order valence-corrected chi connectivity index (χ1v) is 7.04. The zero-order valence-corrected chi connectivity index (χ0v) is 9.97. The molecular weight excluding hydrogens is 251 g/mol. The third-order valence-corrected chi connectivity index (χ3v) is 7.64. The zero-order valence-electron chi connectivity index (χ0n) is 5.52. The molecule has 0 bridgehead atoms. The van der Waals surface area contributed by atoms with E-state index in [9.17, 15) is 28.8 Å². The maximum Gasteiger partial charge on any atom is 0.409 e. The number of nitrogens with one attached hydrogen (secondary N) is 1. The number of hydrogen-bond acceptors (Lipinski definition) is 6. The summed E-state index contributed by atoms with van der Waals surface area (Å²) in [4.78, 5) is 0. The van der Waals surface area contributed by atoms with Gasteiger partial charge in [-0.05, 0) is 0 Å². The van der Waals surface area contributed by atoms with Gasteiger partial charge in [-0.15, -0.1) is 0 Å². The summed E-state index contributed by atoms with van der Waals surface area (Å²) in [5, 5.41) is 0. The summed E-state index contributed by atoms with van der Waals surface area (Å²) in [6.07, 6.45) is 0. The average molecular weight is 252 g/mol. The van der Waals surface area contributed by atoms with Gasteiger partial charge in [-0.2, -0.15) is 16.8 Å². The fraction of sp³-hybridized carbons (Fsp3) is 0. The van der Waals surface area contributed by atoms with Crippen molar-refractivity contribution in [1.29, 1.82) is 4.78 Å². The van der Waals surface area contributed by atoms with Gasteiger partial charge in [0.15, 0.2) is 0 Å². The second-order valence-electron chi connectivity index (χ2n) is 1.24. The molecule has 1 radical (unpaired) electrons. The molecule has 0 fully saturated rings. The van der Waals surface area contributed by atoms with E-state index in [2.05, 4.69) is 0 Å². The Labute approximate surface area is 88.8 Å². The van der Waals surface area contributed by atoms with E-state index in [1.807, 2.05) is 0 Å². The summed E-state index contributed by atoms with van der Waals surface area (Å²) >= 11 is 0. The van der Waals surface area contributed by atoms with Crippen molar-refractivity contribution in [2.75, 3.05) is 0 Å². The van der Waals surface area contributed by atoms with E-state index < -0.39 is 26.3 Å². The van der Waals surface area contributed by atoms with Gasteiger partial charge in [0, 0.05) is 29.6 Å². The molecule has 0 aliphatic carbocycles. The second kappa shape index (κ2) is 3.84. The fourth-order valence-electron chi connectivity index (χ4n) is 0.0971. The molecule has 6 nitrogen and oxygen atoms in total. The Bertz CT molecular complexity index is 403. The van der Waals surface area contributed by atoms with E-state index in [1.165, 1.54) is 0 Å². The van der Waals surface area contributed by atoms with Crippen LogP contribution in [0.2, 0.25) is 0 Å². The molecule has 12 heavy (non-hydrogen) atoms. The molecule has 0 rings (SSSR count). The molecule has 0 saturated carbocycles. The Kier molecular flexibility index (Phi) is 4.86. The van der Waals surface area contributed by atoms with Crippen molar-refractivity contribution in [1.82, 2.24) is 0 Å². The molecule has 0 aliphatic rings. The summed E-state index contributed by atoms with van der Waals surface area (Å²) in [5.41, 5.74) is 0. The van der Waals surface area contributed by atoms with Crippen molar-refractivity contribution >= 4 is 55.9 Å². The summed E-state index contributed by atoms with van der Waals surface area (Å²) in [6, 6.07) is 0. The molecule has 0 spiro atoms. The van der Waals surface area contributed by atoms with E-state index in [4.69, 9.17) is 4.78 Å². The molecule has 0 unspecified atom stereocenters. The van der Waals surface area contributed by atoms with Crippen molar-refractivity contribution in [3.63, 3.8) is 0 Å². The summed E-state index contributed by atoms with van der Waals surface area (Å²) < 4.78 is 77.1. The molecule has 0 heterocycles. The van der Waals surface area contributed by atoms with E-state index >= 15 is 0 Å². The molecule has 0 aromatic carbocycles. The molecular formula is HF2NNaO5S3. The van der Waals surface area contributed by atoms with Crippen molar-refractivity contribution in [3.05, 3.63) is 0 Å². The Balaban J connectivity index is 0. The van der Waals surface area contributed by atoms with Gasteiger partial charge in [0.05, 0.1) is 0 Å². The van der Waals surface area contributed by atoms with Crippen LogP contribution in [0.3, 0.4) is 0 Å². The van der Waals surface area contributed by atoms with Gasteiger partial charge in [0.1, 0.15) is 0 Å². The Hall–Kier alpha value is 0.710. The quantitative estimate of drug-likeness (QED) is 0.388. The fourth-order valence-corrected chi connectivity index (χ4v) is 2.62. The van der Waals surface area contributed by atoms with Crippen molar-refractivity contribution in [2.24, 2.45) is 0 Å². The van der Waals surface area contributed by atoms with Crippen LogP contribution < -0.4 is 0 Å². The van der Waals surface area contributed by atoms with Gasteiger partial charge < -0.3 is 0 Å². The maximum absolute atomic E-state index is 11.6. The number of hydrogen-bond donors (Lipinski definition) is 1. The topological polar surface area (TPSA) is 109 Å². The van der Waals surface area contributed by atoms with Gasteiger partial charge in [-0.3, -0.25) is 0 Å². The van der Waals surface area contributed by atoms with Crippen LogP contribution in [0.4, 0.5) is 7.77 Å². The number of halogens is 2. The third-order valence-electron chi connectivity index (χ3n) is 0.524. The summed E-state index contributed by atoms with van der Waals surface area (Å²) in [7, 11) is -18.4. The molecule has 0 saturated heterocycles. The standard InChI is InChI=1S/F2HNO5S3.Na/c1-9(4,5)11(3,8)10(2,6)7;/h3H;. The van der Waals surface area contributed by atoms with E-state index in [0.717, 1.165) is 0 Å². The van der Waals surface area contributed by atoms with Crippen molar-refractivity contribution in [3.8, 4) is 0 Å². The molecule has 0 aromatic rings. The van der Waals surface area contributed by atoms with Gasteiger partial charge in [0.25, 0.3) is 0 Å². The van der Waals surface area contributed by atoms with Crippen molar-refractivity contribution < 1.29 is 28.8 Å². The van der Waals surface area contributed by atoms with Gasteiger partial charge in [0.2, 0.25) is 0 Å². The minimum atomic E-state index is -6.23. The Morgan fingerprint density at radius 2 is 1.00 bits per heavy atom. The SMILES string of the molecule is N=S(=O)(S(=O)(=O)F)S(=O)(=O)F.[Na]. The van der Waals surface area contributed by atoms with Crippen LogP contribution in [0.5, 0.6) is 0 Å². The van der Waals surface area contributed by atoms with Crippen LogP contribution in [0.15, 0.2) is 0 Å². The molecule has 1 N–H and O–H groups in total. The Morgan fingerprint density at radius 3 is 1.00 bits per heavy atom. The first kappa shape index (κ1) is 15.2. The predicted molar refractivity (Wildman–Crippen MR) is 36.7 cm³/mol. The molecule has 0 aliphatic heterocycles. The zero-order chi connectivity index (χ0) is 9.50. The minimum Gasteiger partial charge on any atom is -0.223 e. The van der Waals surface area contributed by atoms with Crippen LogP contribution in [0.1, 0.15) is 0 Å². The smallest absolute Gasteiger partial charge is 0.223 e. The summed E-state index contributed by atoms with van der Waals surface area (Å²) in [5.74, 6) is 0. The first-order chi connectivity index (χ1) is 4.50. The van der Waals surface area contributed by atoms with Crippen LogP contribution in [0, 0.1) is 4.78 Å². The van der Waals surface area contributed by atoms with Gasteiger partial charge in [-0.25, -0.2) is 8.99 Å². The monoisotopic (exact) mass is 252 g/mol. The predicted octanol–water partition coefficient (Wildman–Crippen LogP) is -0.919. The van der Waals surface area contributed by atoms with Crippen LogP contribution >= 0.6 is 0 Å². The summed E-state index contributed by atoms with van der Waals surface area (Å²) in [6.45, 7) is 0. The number of rotatable bonds is 2. The van der Waals surface area contributed by atoms with Crippen molar-refractivity contribution in [2.45, 2.75) is 0 Å². The van der Waals surface area contributed by atoms with E-state index in [-0.39, 0.29) is 29.6 Å². The molecule has 69 valence electrons. The van der Waals surface area contributed by atoms with E-state index in [0.29, 0.717) is 0 Å². The average Bonchev–Trinajstić information content (AvgIpc) is 1.58. The van der Waals surface area contributed by atoms with Crippen LogP contribution in [0.25, 0.3) is 0 Å². The van der Waals surface area contributed by atoms with Crippen LogP contribution in [-0.4, -0.2) is 50.6 Å². The normalized spacial score (nSPS) is 13.5. The largest absolute Gasteiger partial charge is 0.409 e. The second-order valence-corrected chi connectivity index (χ2v) is 9.56.